The molecular formula is C22H31NO6. The SMILES string of the molecule is CC[C@H]1[C@@H]2OC(=O)[C@H](C)[C@@H]2[C@@]2(O)C[C@@H]([C@@H]3C[C@H](C)C(=O)O3)N3CCCCC12C3=O. The molecule has 0 aromatic heterocycles. The van der Waals surface area contributed by atoms with Gasteiger partial charge in [-0.05, 0) is 25.7 Å². The van der Waals surface area contributed by atoms with Crippen LogP contribution in [0.25, 0.3) is 0 Å². The Kier molecular flexibility index (Phi) is 4.13. The van der Waals surface area contributed by atoms with Gasteiger partial charge in [0.05, 0.1) is 28.9 Å². The summed E-state index contributed by atoms with van der Waals surface area (Å²) in [6.45, 7) is 6.31. The molecule has 1 saturated carbocycles. The number of rotatable bonds is 2. The minimum absolute atomic E-state index is 0.0196. The number of carbonyl (C=O) groups is 3. The number of aliphatic hydroxyl groups is 1. The summed E-state index contributed by atoms with van der Waals surface area (Å²) in [4.78, 5) is 40.4. The lowest BCUT2D eigenvalue weighted by atomic mass is 9.58. The highest BCUT2D eigenvalue weighted by Crippen LogP contribution is 2.67. The Balaban J connectivity index is 1.63. The standard InChI is InChI=1S/C22H31NO6/c1-4-13-17-16(12(3)19(25)29-17)22(27)10-14(15-9-11(2)18(24)28-15)23-8-6-5-7-21(13,22)20(23)26/h11-17,27H,4-10H2,1-3H3/t11-,12+,13-,14-,15-,16-,17-,21?,22-/m0/s1. The zero-order valence-corrected chi connectivity index (χ0v) is 17.4. The number of hydrogen-bond acceptors (Lipinski definition) is 6. The van der Waals surface area contributed by atoms with E-state index >= 15 is 0 Å². The lowest BCUT2D eigenvalue weighted by Gasteiger charge is -2.55. The molecule has 160 valence electrons. The molecule has 1 amide bonds. The topological polar surface area (TPSA) is 93.1 Å². The number of esters is 2. The van der Waals surface area contributed by atoms with Gasteiger partial charge in [-0.3, -0.25) is 14.4 Å². The van der Waals surface area contributed by atoms with Crippen LogP contribution in [0.15, 0.2) is 0 Å². The van der Waals surface area contributed by atoms with Gasteiger partial charge in [0.15, 0.2) is 0 Å². The van der Waals surface area contributed by atoms with Gasteiger partial charge in [-0.1, -0.05) is 27.2 Å². The molecule has 5 fully saturated rings. The van der Waals surface area contributed by atoms with E-state index in [0.717, 1.165) is 12.8 Å². The Morgan fingerprint density at radius 1 is 1.14 bits per heavy atom. The lowest BCUT2D eigenvalue weighted by molar-refractivity contribution is -0.200. The molecule has 29 heavy (non-hydrogen) atoms. The largest absolute Gasteiger partial charge is 0.461 e. The van der Waals surface area contributed by atoms with Crippen molar-refractivity contribution in [3.8, 4) is 0 Å². The summed E-state index contributed by atoms with van der Waals surface area (Å²) in [6, 6.07) is -0.341. The number of fused-ring (bicyclic) bond motifs is 3. The second-order valence-electron chi connectivity index (χ2n) is 9.97. The molecule has 9 atom stereocenters. The van der Waals surface area contributed by atoms with Crippen LogP contribution < -0.4 is 0 Å². The van der Waals surface area contributed by atoms with Gasteiger partial charge >= 0.3 is 11.9 Å². The first kappa shape index (κ1) is 19.3. The van der Waals surface area contributed by atoms with E-state index in [1.165, 1.54) is 0 Å². The molecular weight excluding hydrogens is 374 g/mol. The highest BCUT2D eigenvalue weighted by molar-refractivity contribution is 5.89. The van der Waals surface area contributed by atoms with Crippen molar-refractivity contribution >= 4 is 17.8 Å². The quantitative estimate of drug-likeness (QED) is 0.703. The van der Waals surface area contributed by atoms with Crippen LogP contribution in [0.1, 0.15) is 59.3 Å². The summed E-state index contributed by atoms with van der Waals surface area (Å²) in [7, 11) is 0. The molecule has 4 aliphatic heterocycles. The molecule has 0 radical (unpaired) electrons. The Hall–Kier alpha value is -1.63. The van der Waals surface area contributed by atoms with Gasteiger partial charge in [-0.25, -0.2) is 0 Å². The van der Waals surface area contributed by atoms with Crippen molar-refractivity contribution in [2.75, 3.05) is 6.54 Å². The minimum Gasteiger partial charge on any atom is -0.461 e. The van der Waals surface area contributed by atoms with Crippen LogP contribution in [-0.2, 0) is 23.9 Å². The van der Waals surface area contributed by atoms with Gasteiger partial charge in [0.2, 0.25) is 5.91 Å². The van der Waals surface area contributed by atoms with Crippen molar-refractivity contribution < 1.29 is 29.0 Å². The maximum absolute atomic E-state index is 14.0. The van der Waals surface area contributed by atoms with Crippen LogP contribution in [0.5, 0.6) is 0 Å². The number of ether oxygens (including phenoxy) is 2. The fourth-order valence-corrected chi connectivity index (χ4v) is 7.53. The van der Waals surface area contributed by atoms with Gasteiger partial charge in [0.1, 0.15) is 12.2 Å². The molecule has 4 heterocycles. The third kappa shape index (κ3) is 2.20. The van der Waals surface area contributed by atoms with Crippen molar-refractivity contribution in [2.45, 2.75) is 83.1 Å². The Morgan fingerprint density at radius 3 is 2.55 bits per heavy atom. The van der Waals surface area contributed by atoms with E-state index in [2.05, 4.69) is 0 Å². The van der Waals surface area contributed by atoms with E-state index in [-0.39, 0.29) is 41.6 Å². The van der Waals surface area contributed by atoms with Crippen molar-refractivity contribution in [2.24, 2.45) is 29.1 Å². The summed E-state index contributed by atoms with van der Waals surface area (Å²) < 4.78 is 11.4. The van der Waals surface area contributed by atoms with E-state index in [0.29, 0.717) is 32.2 Å². The zero-order chi connectivity index (χ0) is 20.7. The molecule has 1 N–H and O–H groups in total. The van der Waals surface area contributed by atoms with E-state index in [9.17, 15) is 19.5 Å². The predicted molar refractivity (Wildman–Crippen MR) is 101 cm³/mol. The van der Waals surface area contributed by atoms with Crippen LogP contribution >= 0.6 is 0 Å². The van der Waals surface area contributed by atoms with Gasteiger partial charge in [-0.2, -0.15) is 0 Å². The molecule has 0 aromatic rings. The Morgan fingerprint density at radius 2 is 1.90 bits per heavy atom. The smallest absolute Gasteiger partial charge is 0.309 e. The fraction of sp³-hybridized carbons (Fsp3) is 0.864. The Bertz CT molecular complexity index is 768. The van der Waals surface area contributed by atoms with E-state index in [1.807, 2.05) is 25.7 Å². The Labute approximate surface area is 171 Å². The number of cyclic esters (lactones) is 1. The highest BCUT2D eigenvalue weighted by Gasteiger charge is 2.78. The normalized spacial score (nSPS) is 51.4. The van der Waals surface area contributed by atoms with Crippen molar-refractivity contribution in [1.29, 1.82) is 0 Å². The molecule has 1 spiro atoms. The number of carbonyl (C=O) groups excluding carboxylic acids is 3. The molecule has 5 rings (SSSR count). The van der Waals surface area contributed by atoms with Crippen LogP contribution in [0.4, 0.5) is 0 Å². The maximum Gasteiger partial charge on any atom is 0.309 e. The fourth-order valence-electron chi connectivity index (χ4n) is 7.53. The maximum atomic E-state index is 14.0. The molecule has 1 unspecified atom stereocenters. The van der Waals surface area contributed by atoms with E-state index in [1.54, 1.807) is 0 Å². The molecule has 5 aliphatic rings. The molecule has 1 aliphatic carbocycles. The van der Waals surface area contributed by atoms with Crippen molar-refractivity contribution in [1.82, 2.24) is 4.90 Å². The van der Waals surface area contributed by atoms with E-state index in [4.69, 9.17) is 9.47 Å². The summed E-state index contributed by atoms with van der Waals surface area (Å²) in [5.74, 6) is -1.72. The summed E-state index contributed by atoms with van der Waals surface area (Å²) in [6.07, 6.45) is 3.14. The first-order chi connectivity index (χ1) is 13.8. The first-order valence-electron chi connectivity index (χ1n) is 11.2. The monoisotopic (exact) mass is 405 g/mol. The molecule has 7 nitrogen and oxygen atoms in total. The predicted octanol–water partition coefficient (Wildman–Crippen LogP) is 1.66. The van der Waals surface area contributed by atoms with Crippen LogP contribution in [0, 0.1) is 29.1 Å². The van der Waals surface area contributed by atoms with Crippen LogP contribution in [0.2, 0.25) is 0 Å². The average Bonchev–Trinajstić information content (AvgIpc) is 3.19. The molecule has 0 aromatic carbocycles. The summed E-state index contributed by atoms with van der Waals surface area (Å²) in [5.41, 5.74) is -2.22. The number of amides is 1. The lowest BCUT2D eigenvalue weighted by Crippen LogP contribution is -2.69. The number of nitrogens with zero attached hydrogens (tertiary/aromatic N) is 1. The summed E-state index contributed by atoms with van der Waals surface area (Å²) >= 11 is 0. The highest BCUT2D eigenvalue weighted by atomic mass is 16.6. The van der Waals surface area contributed by atoms with Gasteiger partial charge in [-0.15, -0.1) is 0 Å². The summed E-state index contributed by atoms with van der Waals surface area (Å²) in [5, 5.41) is 12.3. The van der Waals surface area contributed by atoms with Crippen molar-refractivity contribution in [3.05, 3.63) is 0 Å². The first-order valence-corrected chi connectivity index (χ1v) is 11.2. The second kappa shape index (κ2) is 6.19. The number of piperidine rings is 1. The molecule has 7 heteroatoms. The third-order valence-corrected chi connectivity index (χ3v) is 8.78. The third-order valence-electron chi connectivity index (χ3n) is 8.78. The van der Waals surface area contributed by atoms with Crippen molar-refractivity contribution in [3.63, 3.8) is 0 Å². The molecule has 4 saturated heterocycles. The second-order valence-corrected chi connectivity index (χ2v) is 9.97. The molecule has 2 bridgehead atoms. The van der Waals surface area contributed by atoms with Gasteiger partial charge in [0, 0.05) is 24.8 Å². The average molecular weight is 405 g/mol. The number of hydrogen-bond donors (Lipinski definition) is 1. The van der Waals surface area contributed by atoms with E-state index < -0.39 is 29.1 Å². The zero-order valence-electron chi connectivity index (χ0n) is 17.4. The van der Waals surface area contributed by atoms with Crippen LogP contribution in [-0.4, -0.2) is 58.2 Å². The minimum atomic E-state index is -1.31. The van der Waals surface area contributed by atoms with Crippen LogP contribution in [0.3, 0.4) is 0 Å². The van der Waals surface area contributed by atoms with Gasteiger partial charge < -0.3 is 19.5 Å². The van der Waals surface area contributed by atoms with Gasteiger partial charge in [0.25, 0.3) is 0 Å².